The second kappa shape index (κ2) is 12.6. The molecule has 0 aliphatic carbocycles. The molecule has 0 heterocycles. The van der Waals surface area contributed by atoms with Gasteiger partial charge in [-0.3, -0.25) is 13.9 Å². The molecule has 0 saturated carbocycles. The van der Waals surface area contributed by atoms with Crippen molar-refractivity contribution >= 4 is 27.5 Å². The van der Waals surface area contributed by atoms with E-state index in [4.69, 9.17) is 4.74 Å². The molecule has 0 fully saturated rings. The van der Waals surface area contributed by atoms with Crippen LogP contribution in [-0.4, -0.2) is 50.9 Å². The normalized spacial score (nSPS) is 12.1. The van der Waals surface area contributed by atoms with E-state index in [2.05, 4.69) is 5.32 Å². The largest absolute Gasteiger partial charge is 0.497 e. The molecule has 1 atom stereocenters. The maximum Gasteiger partial charge on any atom is 0.264 e. The monoisotopic (exact) mass is 537 g/mol. The number of hydrogen-bond acceptors (Lipinski definition) is 5. The van der Waals surface area contributed by atoms with Crippen LogP contribution < -0.4 is 14.4 Å². The Hall–Kier alpha value is -3.85. The van der Waals surface area contributed by atoms with Gasteiger partial charge >= 0.3 is 0 Å². The highest BCUT2D eigenvalue weighted by Gasteiger charge is 2.32. The Morgan fingerprint density at radius 3 is 2.05 bits per heavy atom. The lowest BCUT2D eigenvalue weighted by atomic mass is 10.1. The minimum Gasteiger partial charge on any atom is -0.497 e. The molecular formula is C29H35N3O5S. The van der Waals surface area contributed by atoms with Crippen molar-refractivity contribution in [2.45, 2.75) is 51.2 Å². The van der Waals surface area contributed by atoms with E-state index in [1.807, 2.05) is 51.1 Å². The van der Waals surface area contributed by atoms with E-state index >= 15 is 0 Å². The number of rotatable bonds is 11. The molecule has 0 spiro atoms. The Bertz CT molecular complexity index is 1320. The minimum atomic E-state index is -4.13. The summed E-state index contributed by atoms with van der Waals surface area (Å²) in [4.78, 5) is 28.2. The molecule has 0 unspecified atom stereocenters. The first-order chi connectivity index (χ1) is 18.0. The summed E-state index contributed by atoms with van der Waals surface area (Å²) in [5.41, 5.74) is 2.12. The van der Waals surface area contributed by atoms with E-state index in [1.165, 1.54) is 24.1 Å². The van der Waals surface area contributed by atoms with Crippen LogP contribution in [0.1, 0.15) is 31.9 Å². The van der Waals surface area contributed by atoms with Crippen LogP contribution in [0.4, 0.5) is 5.69 Å². The maximum absolute atomic E-state index is 13.8. The van der Waals surface area contributed by atoms with Crippen molar-refractivity contribution in [2.24, 2.45) is 0 Å². The number of amides is 2. The summed E-state index contributed by atoms with van der Waals surface area (Å²) in [5.74, 6) is -0.303. The highest BCUT2D eigenvalue weighted by Crippen LogP contribution is 2.26. The summed E-state index contributed by atoms with van der Waals surface area (Å²) in [7, 11) is -2.63. The Balaban J connectivity index is 2.01. The third-order valence-corrected chi connectivity index (χ3v) is 7.83. The summed E-state index contributed by atoms with van der Waals surface area (Å²) >= 11 is 0. The molecule has 3 aromatic carbocycles. The summed E-state index contributed by atoms with van der Waals surface area (Å²) in [6.45, 7) is 6.89. The second-order valence-corrected chi connectivity index (χ2v) is 11.2. The lowest BCUT2D eigenvalue weighted by molar-refractivity contribution is -0.139. The number of anilines is 1. The number of carbonyl (C=O) groups excluding carboxylic acids is 2. The fraction of sp³-hybridized carbons (Fsp3) is 0.310. The quantitative estimate of drug-likeness (QED) is 0.397. The van der Waals surface area contributed by atoms with Gasteiger partial charge in [-0.25, -0.2) is 8.42 Å². The van der Waals surface area contributed by atoms with E-state index < -0.39 is 28.5 Å². The molecule has 38 heavy (non-hydrogen) atoms. The number of sulfonamides is 1. The van der Waals surface area contributed by atoms with E-state index in [1.54, 1.807) is 43.3 Å². The van der Waals surface area contributed by atoms with Gasteiger partial charge in [0.2, 0.25) is 11.8 Å². The highest BCUT2D eigenvalue weighted by molar-refractivity contribution is 7.92. The topological polar surface area (TPSA) is 96.0 Å². The number of methoxy groups -OCH3 is 1. The molecule has 9 heteroatoms. The van der Waals surface area contributed by atoms with Gasteiger partial charge in [0.05, 0.1) is 17.7 Å². The number of ether oxygens (including phenoxy) is 1. The van der Waals surface area contributed by atoms with Crippen LogP contribution in [0.15, 0.2) is 83.8 Å². The first kappa shape index (κ1) is 28.7. The number of aryl methyl sites for hydroxylation is 1. The van der Waals surface area contributed by atoms with Crippen molar-refractivity contribution in [3.8, 4) is 5.75 Å². The predicted molar refractivity (Wildman–Crippen MR) is 148 cm³/mol. The summed E-state index contributed by atoms with van der Waals surface area (Å²) in [6, 6.07) is 21.3. The molecule has 3 aromatic rings. The number of benzene rings is 3. The molecule has 1 N–H and O–H groups in total. The fourth-order valence-electron chi connectivity index (χ4n) is 3.88. The average Bonchev–Trinajstić information content (AvgIpc) is 2.90. The van der Waals surface area contributed by atoms with Crippen molar-refractivity contribution < 1.29 is 22.7 Å². The first-order valence-corrected chi connectivity index (χ1v) is 13.8. The molecule has 0 aliphatic heterocycles. The van der Waals surface area contributed by atoms with Crippen molar-refractivity contribution in [3.05, 3.63) is 90.0 Å². The molecule has 2 amide bonds. The summed E-state index contributed by atoms with van der Waals surface area (Å²) in [5, 5.41) is 2.85. The highest BCUT2D eigenvalue weighted by atomic mass is 32.2. The zero-order valence-electron chi connectivity index (χ0n) is 22.4. The van der Waals surface area contributed by atoms with Crippen LogP contribution in [0.3, 0.4) is 0 Å². The number of nitrogens with one attached hydrogen (secondary N) is 1. The van der Waals surface area contributed by atoms with Gasteiger partial charge in [0.1, 0.15) is 18.3 Å². The molecule has 0 bridgehead atoms. The van der Waals surface area contributed by atoms with Crippen LogP contribution in [0.25, 0.3) is 0 Å². The fourth-order valence-corrected chi connectivity index (χ4v) is 5.30. The lowest BCUT2D eigenvalue weighted by Crippen LogP contribution is -2.52. The third-order valence-electron chi connectivity index (χ3n) is 6.04. The SMILES string of the molecule is COc1ccc(S(=O)(=O)N(CC(=O)N(Cc2ccccc2)[C@@H](C)C(=O)NC(C)C)c2ccc(C)cc2)cc1. The molecule has 3 rings (SSSR count). The number of carbonyl (C=O) groups is 2. The van der Waals surface area contributed by atoms with E-state index in [9.17, 15) is 18.0 Å². The molecule has 0 radical (unpaired) electrons. The van der Waals surface area contributed by atoms with Crippen LogP contribution in [0.2, 0.25) is 0 Å². The third kappa shape index (κ3) is 7.13. The molecule has 0 aliphatic rings. The van der Waals surface area contributed by atoms with Gasteiger partial charge in [-0.05, 0) is 69.7 Å². The Morgan fingerprint density at radius 1 is 0.895 bits per heavy atom. The van der Waals surface area contributed by atoms with Crippen molar-refractivity contribution in [1.29, 1.82) is 0 Å². The molecule has 0 aromatic heterocycles. The van der Waals surface area contributed by atoms with Crippen molar-refractivity contribution in [1.82, 2.24) is 10.2 Å². The van der Waals surface area contributed by atoms with Gasteiger partial charge in [0, 0.05) is 12.6 Å². The Labute approximate surface area is 225 Å². The Morgan fingerprint density at radius 2 is 1.50 bits per heavy atom. The standard InChI is InChI=1S/C29H35N3O5S/c1-21(2)30-29(34)23(4)31(19-24-9-7-6-8-10-24)28(33)20-32(25-13-11-22(3)12-14-25)38(35,36)27-17-15-26(37-5)16-18-27/h6-18,21,23H,19-20H2,1-5H3,(H,30,34)/t23-/m0/s1. The molecular weight excluding hydrogens is 502 g/mol. The van der Waals surface area contributed by atoms with Gasteiger partial charge in [-0.15, -0.1) is 0 Å². The lowest BCUT2D eigenvalue weighted by Gasteiger charge is -2.32. The number of nitrogens with zero attached hydrogens (tertiary/aromatic N) is 2. The summed E-state index contributed by atoms with van der Waals surface area (Å²) in [6.07, 6.45) is 0. The van der Waals surface area contributed by atoms with Gasteiger partial charge in [-0.2, -0.15) is 0 Å². The van der Waals surface area contributed by atoms with E-state index in [0.29, 0.717) is 11.4 Å². The molecule has 0 saturated heterocycles. The van der Waals surface area contributed by atoms with Gasteiger partial charge in [0.25, 0.3) is 10.0 Å². The van der Waals surface area contributed by atoms with Crippen molar-refractivity contribution in [2.75, 3.05) is 18.0 Å². The van der Waals surface area contributed by atoms with Crippen LogP contribution >= 0.6 is 0 Å². The van der Waals surface area contributed by atoms with E-state index in [0.717, 1.165) is 15.4 Å². The summed E-state index contributed by atoms with van der Waals surface area (Å²) < 4.78 is 33.9. The molecule has 8 nitrogen and oxygen atoms in total. The second-order valence-electron chi connectivity index (χ2n) is 9.37. The van der Waals surface area contributed by atoms with Gasteiger partial charge in [0.15, 0.2) is 0 Å². The zero-order valence-corrected chi connectivity index (χ0v) is 23.2. The smallest absolute Gasteiger partial charge is 0.264 e. The minimum absolute atomic E-state index is 0.0203. The van der Waals surface area contributed by atoms with Crippen LogP contribution in [0, 0.1) is 6.92 Å². The first-order valence-electron chi connectivity index (χ1n) is 12.4. The Kier molecular flexibility index (Phi) is 9.52. The molecule has 202 valence electrons. The van der Waals surface area contributed by atoms with Gasteiger partial charge < -0.3 is 15.0 Å². The number of hydrogen-bond donors (Lipinski definition) is 1. The average molecular weight is 538 g/mol. The van der Waals surface area contributed by atoms with Crippen LogP contribution in [-0.2, 0) is 26.2 Å². The zero-order chi connectivity index (χ0) is 27.9. The van der Waals surface area contributed by atoms with Crippen molar-refractivity contribution in [3.63, 3.8) is 0 Å². The van der Waals surface area contributed by atoms with E-state index in [-0.39, 0.29) is 23.4 Å². The van der Waals surface area contributed by atoms with Gasteiger partial charge in [-0.1, -0.05) is 48.0 Å². The predicted octanol–water partition coefficient (Wildman–Crippen LogP) is 4.14. The van der Waals surface area contributed by atoms with Crippen LogP contribution in [0.5, 0.6) is 5.75 Å². The maximum atomic E-state index is 13.8.